The number of rotatable bonds is 19. The molecule has 0 bridgehead atoms. The predicted octanol–water partition coefficient (Wildman–Crippen LogP) is 6.35. The number of esters is 2. The Kier molecular flexibility index (Phi) is 19.4. The molecule has 0 heterocycles. The smallest absolute Gasteiger partial charge is 0.305 e. The Balaban J connectivity index is 3.18. The van der Waals surface area contributed by atoms with Crippen LogP contribution in [0.1, 0.15) is 117 Å². The molecule has 0 spiro atoms. The van der Waals surface area contributed by atoms with E-state index in [1.54, 1.807) is 6.92 Å². The number of carbonyl (C=O) groups is 2. The summed E-state index contributed by atoms with van der Waals surface area (Å²) in [7, 11) is 0. The molecule has 0 aliphatic heterocycles. The number of hydrogen-bond donors (Lipinski definition) is 0. The second-order valence-electron chi connectivity index (χ2n) is 7.12. The lowest BCUT2D eigenvalue weighted by Crippen LogP contribution is -2.08. The van der Waals surface area contributed by atoms with Crippen molar-refractivity contribution in [2.24, 2.45) is 0 Å². The van der Waals surface area contributed by atoms with Gasteiger partial charge in [-0.1, -0.05) is 84.0 Å². The molecule has 4 nitrogen and oxygen atoms in total. The molecule has 0 aliphatic rings. The van der Waals surface area contributed by atoms with Gasteiger partial charge in [0.1, 0.15) is 0 Å². The average Bonchev–Trinajstić information content (AvgIpc) is 2.62. The summed E-state index contributed by atoms with van der Waals surface area (Å²) in [5.74, 6) is -0.440. The number of carbonyl (C=O) groups excluding carboxylic acids is 2. The number of unbranched alkanes of at least 4 members (excludes halogenated alkanes) is 12. The van der Waals surface area contributed by atoms with Crippen LogP contribution in [0.2, 0.25) is 0 Å². The van der Waals surface area contributed by atoms with Gasteiger partial charge in [0.2, 0.25) is 0 Å². The second-order valence-corrected chi connectivity index (χ2v) is 7.12. The Morgan fingerprint density at radius 2 is 0.962 bits per heavy atom. The van der Waals surface area contributed by atoms with Gasteiger partial charge in [-0.15, -0.1) is 0 Å². The number of hydrogen-bond acceptors (Lipinski definition) is 4. The van der Waals surface area contributed by atoms with Gasteiger partial charge in [-0.25, -0.2) is 0 Å². The fourth-order valence-electron chi connectivity index (χ4n) is 2.99. The minimum Gasteiger partial charge on any atom is -0.466 e. The van der Waals surface area contributed by atoms with E-state index >= 15 is 0 Å². The monoisotopic (exact) mass is 370 g/mol. The maximum absolute atomic E-state index is 11.5. The molecule has 0 atom stereocenters. The van der Waals surface area contributed by atoms with Crippen LogP contribution >= 0.6 is 0 Å². The van der Waals surface area contributed by atoms with Crippen molar-refractivity contribution in [2.45, 2.75) is 117 Å². The topological polar surface area (TPSA) is 52.6 Å². The lowest BCUT2D eigenvalue weighted by Gasteiger charge is -2.05. The molecule has 0 saturated carbocycles. The van der Waals surface area contributed by atoms with Crippen LogP contribution < -0.4 is 0 Å². The average molecular weight is 371 g/mol. The van der Waals surface area contributed by atoms with Crippen molar-refractivity contribution in [1.29, 1.82) is 0 Å². The van der Waals surface area contributed by atoms with E-state index in [9.17, 15) is 9.59 Å². The normalized spacial score (nSPS) is 10.7. The minimum atomic E-state index is -0.239. The quantitative estimate of drug-likeness (QED) is 0.196. The third kappa shape index (κ3) is 19.3. The maximum atomic E-state index is 11.5. The molecule has 0 aromatic rings. The number of ether oxygens (including phenoxy) is 2. The van der Waals surface area contributed by atoms with E-state index in [4.69, 9.17) is 9.47 Å². The first-order valence-corrected chi connectivity index (χ1v) is 11.0. The summed E-state index contributed by atoms with van der Waals surface area (Å²) in [5, 5.41) is 0. The van der Waals surface area contributed by atoms with Crippen LogP contribution in [0, 0.1) is 0 Å². The zero-order valence-electron chi connectivity index (χ0n) is 17.4. The molecule has 0 amide bonds. The summed E-state index contributed by atoms with van der Waals surface area (Å²) in [5.41, 5.74) is 0. The Morgan fingerprint density at radius 1 is 0.538 bits per heavy atom. The summed E-state index contributed by atoms with van der Waals surface area (Å²) in [4.78, 5) is 22.7. The largest absolute Gasteiger partial charge is 0.466 e. The van der Waals surface area contributed by atoms with Gasteiger partial charge in [-0.3, -0.25) is 9.59 Å². The second kappa shape index (κ2) is 20.3. The third-order valence-corrected chi connectivity index (χ3v) is 4.58. The SMILES string of the molecule is CCCCCCCCCCCCCCCOC(=O)CCCC(=O)OCC. The molecule has 0 saturated heterocycles. The molecular formula is C22H42O4. The molecule has 154 valence electrons. The Labute approximate surface area is 161 Å². The van der Waals surface area contributed by atoms with Crippen LogP contribution in [0.25, 0.3) is 0 Å². The highest BCUT2D eigenvalue weighted by molar-refractivity contribution is 5.72. The van der Waals surface area contributed by atoms with Gasteiger partial charge in [0.15, 0.2) is 0 Å². The van der Waals surface area contributed by atoms with Crippen molar-refractivity contribution in [2.75, 3.05) is 13.2 Å². The van der Waals surface area contributed by atoms with Gasteiger partial charge in [0.25, 0.3) is 0 Å². The van der Waals surface area contributed by atoms with E-state index in [0.717, 1.165) is 12.8 Å². The summed E-state index contributed by atoms with van der Waals surface area (Å²) in [6.45, 7) is 4.94. The highest BCUT2D eigenvalue weighted by Crippen LogP contribution is 2.12. The van der Waals surface area contributed by atoms with Gasteiger partial charge in [-0.05, 0) is 19.8 Å². The van der Waals surface area contributed by atoms with Gasteiger partial charge in [-0.2, -0.15) is 0 Å². The fraction of sp³-hybridized carbons (Fsp3) is 0.909. The Morgan fingerprint density at radius 3 is 1.42 bits per heavy atom. The lowest BCUT2D eigenvalue weighted by atomic mass is 10.0. The molecule has 0 aliphatic carbocycles. The summed E-state index contributed by atoms with van der Waals surface area (Å²) in [6, 6.07) is 0. The summed E-state index contributed by atoms with van der Waals surface area (Å²) >= 11 is 0. The first kappa shape index (κ1) is 24.9. The molecule has 0 unspecified atom stereocenters. The van der Waals surface area contributed by atoms with Crippen LogP contribution in [0.4, 0.5) is 0 Å². The molecular weight excluding hydrogens is 328 g/mol. The molecule has 0 radical (unpaired) electrons. The van der Waals surface area contributed by atoms with E-state index in [0.29, 0.717) is 32.5 Å². The van der Waals surface area contributed by atoms with Crippen molar-refractivity contribution in [3.63, 3.8) is 0 Å². The minimum absolute atomic E-state index is 0.201. The van der Waals surface area contributed by atoms with Crippen molar-refractivity contribution in [3.05, 3.63) is 0 Å². The standard InChI is InChI=1S/C22H42O4/c1-3-5-6-7-8-9-10-11-12-13-14-15-16-20-26-22(24)19-17-18-21(23)25-4-2/h3-20H2,1-2H3. The van der Waals surface area contributed by atoms with Gasteiger partial charge in [0, 0.05) is 12.8 Å². The van der Waals surface area contributed by atoms with Crippen LogP contribution in [-0.4, -0.2) is 25.2 Å². The maximum Gasteiger partial charge on any atom is 0.305 e. The van der Waals surface area contributed by atoms with Crippen LogP contribution in [0.15, 0.2) is 0 Å². The van der Waals surface area contributed by atoms with Crippen molar-refractivity contribution < 1.29 is 19.1 Å². The van der Waals surface area contributed by atoms with Gasteiger partial charge >= 0.3 is 11.9 Å². The van der Waals surface area contributed by atoms with E-state index in [2.05, 4.69) is 6.92 Å². The van der Waals surface area contributed by atoms with E-state index in [1.807, 2.05) is 0 Å². The van der Waals surface area contributed by atoms with Gasteiger partial charge < -0.3 is 9.47 Å². The van der Waals surface area contributed by atoms with Crippen molar-refractivity contribution in [1.82, 2.24) is 0 Å². The van der Waals surface area contributed by atoms with Crippen LogP contribution in [0.3, 0.4) is 0 Å². The first-order chi connectivity index (χ1) is 12.7. The van der Waals surface area contributed by atoms with Crippen molar-refractivity contribution in [3.8, 4) is 0 Å². The molecule has 4 heteroatoms. The van der Waals surface area contributed by atoms with E-state index in [-0.39, 0.29) is 11.9 Å². The molecule has 0 aromatic carbocycles. The summed E-state index contributed by atoms with van der Waals surface area (Å²) < 4.78 is 10.0. The van der Waals surface area contributed by atoms with Crippen LogP contribution in [0.5, 0.6) is 0 Å². The highest BCUT2D eigenvalue weighted by Gasteiger charge is 2.06. The Hall–Kier alpha value is -1.06. The van der Waals surface area contributed by atoms with Crippen molar-refractivity contribution >= 4 is 11.9 Å². The Bertz CT molecular complexity index is 328. The zero-order valence-corrected chi connectivity index (χ0v) is 17.4. The molecule has 0 aromatic heterocycles. The van der Waals surface area contributed by atoms with Crippen LogP contribution in [-0.2, 0) is 19.1 Å². The van der Waals surface area contributed by atoms with Gasteiger partial charge in [0.05, 0.1) is 13.2 Å². The van der Waals surface area contributed by atoms with E-state index in [1.165, 1.54) is 70.6 Å². The third-order valence-electron chi connectivity index (χ3n) is 4.58. The zero-order chi connectivity index (χ0) is 19.3. The predicted molar refractivity (Wildman–Crippen MR) is 107 cm³/mol. The molecule has 0 N–H and O–H groups in total. The fourth-order valence-corrected chi connectivity index (χ4v) is 2.99. The molecule has 26 heavy (non-hydrogen) atoms. The molecule has 0 fully saturated rings. The first-order valence-electron chi connectivity index (χ1n) is 11.0. The lowest BCUT2D eigenvalue weighted by molar-refractivity contribution is -0.145. The highest BCUT2D eigenvalue weighted by atomic mass is 16.5. The summed E-state index contributed by atoms with van der Waals surface area (Å²) in [6.07, 6.45) is 18.1. The van der Waals surface area contributed by atoms with E-state index < -0.39 is 0 Å². The molecule has 0 rings (SSSR count).